The summed E-state index contributed by atoms with van der Waals surface area (Å²) in [5.74, 6) is 1.57. The number of halogens is 3. The third kappa shape index (κ3) is 7.03. The molecule has 6 rings (SSSR count). The molecule has 222 valence electrons. The summed E-state index contributed by atoms with van der Waals surface area (Å²) in [6.45, 7) is 0.999. The first kappa shape index (κ1) is 28.8. The molecule has 0 bridgehead atoms. The Bertz CT molecular complexity index is 1610. The molecule has 0 amide bonds. The van der Waals surface area contributed by atoms with Crippen LogP contribution in [0.5, 0.6) is 23.0 Å². The zero-order valence-corrected chi connectivity index (χ0v) is 23.7. The van der Waals surface area contributed by atoms with Crippen molar-refractivity contribution in [2.45, 2.75) is 43.4 Å². The molecule has 0 aliphatic carbocycles. The number of benzene rings is 4. The Kier molecular flexibility index (Phi) is 8.40. The van der Waals surface area contributed by atoms with Gasteiger partial charge in [0.2, 0.25) is 0 Å². The van der Waals surface area contributed by atoms with Crippen molar-refractivity contribution >= 4 is 21.5 Å². The van der Waals surface area contributed by atoms with E-state index in [4.69, 9.17) is 18.9 Å². The lowest BCUT2D eigenvalue weighted by Gasteiger charge is -2.23. The van der Waals surface area contributed by atoms with E-state index in [1.807, 2.05) is 30.3 Å². The fraction of sp³-hybridized carbons (Fsp3) is 0.212. The maximum atomic E-state index is 13.9. The molecule has 0 aromatic heterocycles. The summed E-state index contributed by atoms with van der Waals surface area (Å²) in [4.78, 5) is 0.797. The van der Waals surface area contributed by atoms with Crippen LogP contribution in [0, 0.1) is 0 Å². The first-order chi connectivity index (χ1) is 20.8. The van der Waals surface area contributed by atoms with Crippen molar-refractivity contribution in [3.05, 3.63) is 114 Å². The normalized spacial score (nSPS) is 18.2. The van der Waals surface area contributed by atoms with E-state index in [0.29, 0.717) is 57.1 Å². The van der Waals surface area contributed by atoms with Crippen LogP contribution in [0.3, 0.4) is 0 Å². The van der Waals surface area contributed by atoms with Gasteiger partial charge < -0.3 is 23.7 Å². The zero-order chi connectivity index (χ0) is 29.8. The summed E-state index contributed by atoms with van der Waals surface area (Å²) >= 11 is 0. The molecule has 2 unspecified atom stereocenters. The highest BCUT2D eigenvalue weighted by Crippen LogP contribution is 2.44. The van der Waals surface area contributed by atoms with Gasteiger partial charge in [-0.05, 0) is 90.7 Å². The van der Waals surface area contributed by atoms with E-state index < -0.39 is 17.2 Å². The molecule has 0 N–H and O–H groups in total. The fourth-order valence-electron chi connectivity index (χ4n) is 4.80. The number of ether oxygens (including phenoxy) is 5. The maximum absolute atomic E-state index is 13.9. The van der Waals surface area contributed by atoms with Gasteiger partial charge in [-0.1, -0.05) is 30.3 Å². The molecule has 2 aliphatic heterocycles. The van der Waals surface area contributed by atoms with E-state index in [9.17, 15) is 17.4 Å². The monoisotopic (exact) mass is 608 g/mol. The minimum atomic E-state index is -4.82. The molecule has 2 atom stereocenters. The highest BCUT2D eigenvalue weighted by atomic mass is 32.2. The van der Waals surface area contributed by atoms with Crippen molar-refractivity contribution in [2.24, 2.45) is 0 Å². The highest BCUT2D eigenvalue weighted by Gasteiger charge is 2.34. The molecule has 2 heterocycles. The average Bonchev–Trinajstić information content (AvgIpc) is 3.28. The standard InChI is InChI=1S/C33H27F3O6S/c34-33(35,36)42-26-11-9-23(10-12-26)32-31(41-25-15-13-24(14-16-25)40-30-8-4-5-19-38-30)28-18-17-27(20-29(28)43(32)37)39-21-22-6-2-1-3-7-22/h1-3,6-7,9-18,20,30H,4-5,8,19,21H2. The molecule has 0 saturated carbocycles. The van der Waals surface area contributed by atoms with Gasteiger partial charge in [0.25, 0.3) is 0 Å². The van der Waals surface area contributed by atoms with Crippen LogP contribution >= 0.6 is 0 Å². The number of alkyl halides is 3. The minimum Gasteiger partial charge on any atom is -0.489 e. The maximum Gasteiger partial charge on any atom is 0.573 e. The van der Waals surface area contributed by atoms with E-state index in [0.717, 1.165) is 24.8 Å². The second-order valence-corrected chi connectivity index (χ2v) is 11.3. The molecule has 0 radical (unpaired) electrons. The fourth-order valence-corrected chi connectivity index (χ4v) is 6.27. The summed E-state index contributed by atoms with van der Waals surface area (Å²) in [6.07, 6.45) is -2.23. The van der Waals surface area contributed by atoms with E-state index in [1.54, 1.807) is 42.5 Å². The van der Waals surface area contributed by atoms with Crippen molar-refractivity contribution in [2.75, 3.05) is 6.61 Å². The van der Waals surface area contributed by atoms with Crippen molar-refractivity contribution in [3.63, 3.8) is 0 Å². The molecular weight excluding hydrogens is 581 g/mol. The Labute approximate surface area is 249 Å². The Hall–Kier alpha value is -4.28. The third-order valence-corrected chi connectivity index (χ3v) is 8.37. The Morgan fingerprint density at radius 2 is 1.51 bits per heavy atom. The predicted molar refractivity (Wildman–Crippen MR) is 155 cm³/mol. The van der Waals surface area contributed by atoms with Gasteiger partial charge in [0.1, 0.15) is 29.6 Å². The molecule has 1 fully saturated rings. The molecule has 6 nitrogen and oxygen atoms in total. The first-order valence-corrected chi connectivity index (χ1v) is 14.9. The van der Waals surface area contributed by atoms with Crippen molar-refractivity contribution in [1.82, 2.24) is 0 Å². The van der Waals surface area contributed by atoms with Gasteiger partial charge in [0.05, 0.1) is 27.2 Å². The molecule has 10 heteroatoms. The van der Waals surface area contributed by atoms with Crippen LogP contribution in [0.1, 0.15) is 36.0 Å². The van der Waals surface area contributed by atoms with Gasteiger partial charge in [-0.3, -0.25) is 0 Å². The van der Waals surface area contributed by atoms with Gasteiger partial charge in [-0.2, -0.15) is 0 Å². The average molecular weight is 609 g/mol. The minimum absolute atomic E-state index is 0.290. The van der Waals surface area contributed by atoms with Crippen LogP contribution in [0.25, 0.3) is 10.7 Å². The van der Waals surface area contributed by atoms with E-state index >= 15 is 0 Å². The van der Waals surface area contributed by atoms with Crippen LogP contribution in [-0.4, -0.2) is 23.5 Å². The molecule has 4 aromatic rings. The van der Waals surface area contributed by atoms with Crippen LogP contribution in [0.2, 0.25) is 0 Å². The van der Waals surface area contributed by atoms with E-state index in [2.05, 4.69) is 4.74 Å². The van der Waals surface area contributed by atoms with Gasteiger partial charge in [-0.25, -0.2) is 4.21 Å². The molecule has 2 aliphatic rings. The lowest BCUT2D eigenvalue weighted by molar-refractivity contribution is -0.274. The summed E-state index contributed by atoms with van der Waals surface area (Å²) in [6, 6.07) is 27.1. The van der Waals surface area contributed by atoms with Crippen LogP contribution in [0.4, 0.5) is 13.2 Å². The third-order valence-electron chi connectivity index (χ3n) is 6.84. The summed E-state index contributed by atoms with van der Waals surface area (Å²) < 4.78 is 79.9. The topological polar surface area (TPSA) is 63.2 Å². The van der Waals surface area contributed by atoms with Crippen LogP contribution < -0.4 is 18.9 Å². The number of rotatable bonds is 9. The molecular formula is C33H27F3O6S. The molecule has 0 spiro atoms. The molecule has 43 heavy (non-hydrogen) atoms. The molecule has 4 aromatic carbocycles. The Morgan fingerprint density at radius 3 is 2.21 bits per heavy atom. The van der Waals surface area contributed by atoms with Crippen molar-refractivity contribution in [3.8, 4) is 23.0 Å². The van der Waals surface area contributed by atoms with E-state index in [1.165, 1.54) is 24.3 Å². The predicted octanol–water partition coefficient (Wildman–Crippen LogP) is 8.10. The summed E-state index contributed by atoms with van der Waals surface area (Å²) in [5.41, 5.74) is 2.00. The Balaban J connectivity index is 1.28. The number of fused-ring (bicyclic) bond motifs is 1. The molecule has 1 saturated heterocycles. The van der Waals surface area contributed by atoms with Crippen LogP contribution in [-0.2, 0) is 22.1 Å². The van der Waals surface area contributed by atoms with Crippen molar-refractivity contribution in [1.29, 1.82) is 0 Å². The first-order valence-electron chi connectivity index (χ1n) is 13.7. The van der Waals surface area contributed by atoms with E-state index in [-0.39, 0.29) is 12.0 Å². The number of hydrogen-bond acceptors (Lipinski definition) is 6. The summed E-state index contributed by atoms with van der Waals surface area (Å²) in [7, 11) is -1.71. The summed E-state index contributed by atoms with van der Waals surface area (Å²) in [5, 5.41) is 0. The van der Waals surface area contributed by atoms with Crippen LogP contribution in [0.15, 0.2) is 102 Å². The number of hydrogen-bond donors (Lipinski definition) is 0. The SMILES string of the molecule is O=S1C(c2ccc(OC(F)(F)F)cc2)=C(Oc2ccc(OC3CCCCO3)cc2)c2ccc(OCc3ccccc3)cc21. The van der Waals surface area contributed by atoms with Gasteiger partial charge in [-0.15, -0.1) is 13.2 Å². The smallest absolute Gasteiger partial charge is 0.489 e. The Morgan fingerprint density at radius 1 is 0.814 bits per heavy atom. The van der Waals surface area contributed by atoms with Gasteiger partial charge in [0.15, 0.2) is 12.0 Å². The van der Waals surface area contributed by atoms with Gasteiger partial charge >= 0.3 is 6.36 Å². The highest BCUT2D eigenvalue weighted by molar-refractivity contribution is 7.95. The van der Waals surface area contributed by atoms with Gasteiger partial charge in [0, 0.05) is 12.0 Å². The second-order valence-electron chi connectivity index (χ2n) is 9.92. The lowest BCUT2D eigenvalue weighted by atomic mass is 10.1. The second kappa shape index (κ2) is 12.5. The quantitative estimate of drug-likeness (QED) is 0.191. The lowest BCUT2D eigenvalue weighted by Crippen LogP contribution is -2.24. The van der Waals surface area contributed by atoms with Crippen molar-refractivity contribution < 1.29 is 41.1 Å². The largest absolute Gasteiger partial charge is 0.573 e. The zero-order valence-electron chi connectivity index (χ0n) is 22.8.